The maximum atomic E-state index is 4.32. The van der Waals surface area contributed by atoms with Crippen LogP contribution in [-0.2, 0) is 0 Å². The first-order valence-electron chi connectivity index (χ1n) is 3.61. The molecule has 0 bridgehead atoms. The molecule has 0 fully saturated rings. The van der Waals surface area contributed by atoms with E-state index in [1.165, 1.54) is 11.5 Å². The maximum Gasteiger partial charge on any atom is 0.203 e. The molecule has 2 rings (SSSR count). The molecule has 0 N–H and O–H groups in total. The fourth-order valence-corrected chi connectivity index (χ4v) is 3.65. The molecule has 0 saturated carbocycles. The second-order valence-electron chi connectivity index (χ2n) is 2.49. The Morgan fingerprint density at radius 2 is 2.07 bits per heavy atom. The zero-order chi connectivity index (χ0) is 10.1. The number of aromatic nitrogens is 2. The van der Waals surface area contributed by atoms with Crippen molar-refractivity contribution in [2.45, 2.75) is 0 Å². The summed E-state index contributed by atoms with van der Waals surface area (Å²) in [6, 6.07) is 6.02. The summed E-state index contributed by atoms with van der Waals surface area (Å²) in [5, 5.41) is 0.939. The van der Waals surface area contributed by atoms with Crippen LogP contribution < -0.4 is 0 Å². The lowest BCUT2D eigenvalue weighted by molar-refractivity contribution is 1.25. The molecule has 1 aromatic heterocycles. The molecule has 0 aliphatic heterocycles. The second kappa shape index (κ2) is 4.54. The van der Waals surface area contributed by atoms with E-state index >= 15 is 0 Å². The van der Waals surface area contributed by atoms with Gasteiger partial charge >= 0.3 is 0 Å². The van der Waals surface area contributed by atoms with E-state index in [0.29, 0.717) is 0 Å². The summed E-state index contributed by atoms with van der Waals surface area (Å²) in [6.45, 7) is 0. The molecule has 2 aromatic rings. The highest BCUT2D eigenvalue weighted by molar-refractivity contribution is 14.1. The fourth-order valence-electron chi connectivity index (χ4n) is 0.978. The molecule has 2 nitrogen and oxygen atoms in total. The lowest BCUT2D eigenvalue weighted by Crippen LogP contribution is -1.79. The summed E-state index contributed by atoms with van der Waals surface area (Å²) >= 11 is 10.4. The first kappa shape index (κ1) is 11.0. The predicted molar refractivity (Wildman–Crippen MR) is 73.5 cm³/mol. The van der Waals surface area contributed by atoms with Crippen molar-refractivity contribution in [3.63, 3.8) is 0 Å². The van der Waals surface area contributed by atoms with Crippen molar-refractivity contribution >= 4 is 66.0 Å². The van der Waals surface area contributed by atoms with Crippen molar-refractivity contribution < 1.29 is 0 Å². The Morgan fingerprint density at radius 1 is 1.29 bits per heavy atom. The Hall–Kier alpha value is 0.470. The van der Waals surface area contributed by atoms with E-state index in [9.17, 15) is 0 Å². The minimum absolute atomic E-state index is 0.789. The zero-order valence-electron chi connectivity index (χ0n) is 6.67. The molecular formula is C8H3Br2IN2S. The van der Waals surface area contributed by atoms with Crippen LogP contribution in [0.15, 0.2) is 27.1 Å². The summed E-state index contributed by atoms with van der Waals surface area (Å²) in [5.41, 5.74) is 1.08. The highest BCUT2D eigenvalue weighted by Crippen LogP contribution is 2.31. The number of rotatable bonds is 1. The predicted octanol–water partition coefficient (Wildman–Crippen LogP) is 4.33. The van der Waals surface area contributed by atoms with E-state index in [2.05, 4.69) is 63.8 Å². The van der Waals surface area contributed by atoms with Crippen molar-refractivity contribution in [1.82, 2.24) is 9.36 Å². The maximum absolute atomic E-state index is 4.32. The largest absolute Gasteiger partial charge is 0.210 e. The van der Waals surface area contributed by atoms with Gasteiger partial charge in [-0.2, -0.15) is 4.37 Å². The van der Waals surface area contributed by atoms with Crippen LogP contribution in [0, 0.1) is 3.83 Å². The molecule has 0 aliphatic carbocycles. The molecule has 0 unspecified atom stereocenters. The Bertz CT molecular complexity index is 472. The lowest BCUT2D eigenvalue weighted by atomic mass is 10.2. The summed E-state index contributed by atoms with van der Waals surface area (Å²) in [6.07, 6.45) is 0. The quantitative estimate of drug-likeness (QED) is 0.610. The summed E-state index contributed by atoms with van der Waals surface area (Å²) in [5.74, 6) is 0. The van der Waals surface area contributed by atoms with Crippen LogP contribution in [0.2, 0.25) is 0 Å². The van der Waals surface area contributed by atoms with E-state index < -0.39 is 0 Å². The minimum atomic E-state index is 0.789. The third-order valence-electron chi connectivity index (χ3n) is 1.56. The normalized spacial score (nSPS) is 10.5. The molecule has 0 atom stereocenters. The Morgan fingerprint density at radius 3 is 2.64 bits per heavy atom. The summed E-state index contributed by atoms with van der Waals surface area (Å²) < 4.78 is 7.01. The van der Waals surface area contributed by atoms with Gasteiger partial charge in [0.1, 0.15) is 5.01 Å². The SMILES string of the molecule is Brc1ccc(-c2nc(I)ns2)c(Br)c1. The Balaban J connectivity index is 2.52. The third-order valence-corrected chi connectivity index (χ3v) is 4.27. The van der Waals surface area contributed by atoms with Gasteiger partial charge in [-0.1, -0.05) is 31.9 Å². The van der Waals surface area contributed by atoms with Gasteiger partial charge in [0.2, 0.25) is 3.83 Å². The lowest BCUT2D eigenvalue weighted by Gasteiger charge is -1.99. The van der Waals surface area contributed by atoms with E-state index in [1.54, 1.807) is 0 Å². The van der Waals surface area contributed by atoms with Crippen molar-refractivity contribution in [3.8, 4) is 10.6 Å². The zero-order valence-corrected chi connectivity index (χ0v) is 12.8. The number of hydrogen-bond donors (Lipinski definition) is 0. The monoisotopic (exact) mass is 444 g/mol. The number of nitrogens with zero attached hydrogens (tertiary/aromatic N) is 2. The van der Waals surface area contributed by atoms with Crippen molar-refractivity contribution in [1.29, 1.82) is 0 Å². The van der Waals surface area contributed by atoms with Crippen LogP contribution in [0.25, 0.3) is 10.6 Å². The van der Waals surface area contributed by atoms with E-state index in [0.717, 1.165) is 23.3 Å². The average molecular weight is 446 g/mol. The Kier molecular flexibility index (Phi) is 3.56. The number of halogens is 3. The highest BCUT2D eigenvalue weighted by Gasteiger charge is 2.08. The van der Waals surface area contributed by atoms with Gasteiger partial charge in [-0.3, -0.25) is 0 Å². The van der Waals surface area contributed by atoms with Crippen molar-refractivity contribution in [2.24, 2.45) is 0 Å². The summed E-state index contributed by atoms with van der Waals surface area (Å²) in [4.78, 5) is 4.32. The molecule has 1 heterocycles. The fraction of sp³-hybridized carbons (Fsp3) is 0. The first-order chi connectivity index (χ1) is 6.66. The van der Waals surface area contributed by atoms with Gasteiger partial charge in [-0.25, -0.2) is 4.98 Å². The first-order valence-corrected chi connectivity index (χ1v) is 7.05. The van der Waals surface area contributed by atoms with Crippen LogP contribution >= 0.6 is 66.0 Å². The number of benzene rings is 1. The standard InChI is InChI=1S/C8H3Br2IN2S/c9-4-1-2-5(6(10)3-4)7-12-8(11)13-14-7/h1-3H. The smallest absolute Gasteiger partial charge is 0.203 e. The summed E-state index contributed by atoms with van der Waals surface area (Å²) in [7, 11) is 0. The minimum Gasteiger partial charge on any atom is -0.210 e. The highest BCUT2D eigenvalue weighted by atomic mass is 127. The molecule has 0 radical (unpaired) electrons. The topological polar surface area (TPSA) is 25.8 Å². The number of hydrogen-bond acceptors (Lipinski definition) is 3. The van der Waals surface area contributed by atoms with E-state index in [-0.39, 0.29) is 0 Å². The molecule has 1 aromatic carbocycles. The average Bonchev–Trinajstić information content (AvgIpc) is 2.51. The van der Waals surface area contributed by atoms with Crippen LogP contribution in [0.4, 0.5) is 0 Å². The van der Waals surface area contributed by atoms with Crippen molar-refractivity contribution in [3.05, 3.63) is 31.0 Å². The van der Waals surface area contributed by atoms with E-state index in [4.69, 9.17) is 0 Å². The molecule has 0 amide bonds. The van der Waals surface area contributed by atoms with Gasteiger partial charge < -0.3 is 0 Å². The van der Waals surface area contributed by atoms with Gasteiger partial charge in [-0.05, 0) is 29.7 Å². The molecule has 0 aliphatic rings. The molecule has 14 heavy (non-hydrogen) atoms. The van der Waals surface area contributed by atoms with Crippen LogP contribution in [0.1, 0.15) is 0 Å². The third kappa shape index (κ3) is 2.34. The van der Waals surface area contributed by atoms with Crippen molar-refractivity contribution in [2.75, 3.05) is 0 Å². The van der Waals surface area contributed by atoms with Gasteiger partial charge in [0.05, 0.1) is 0 Å². The molecule has 0 saturated heterocycles. The van der Waals surface area contributed by atoms with Gasteiger partial charge in [-0.15, -0.1) is 0 Å². The van der Waals surface area contributed by atoms with Crippen LogP contribution in [0.3, 0.4) is 0 Å². The van der Waals surface area contributed by atoms with Crippen LogP contribution in [0.5, 0.6) is 0 Å². The van der Waals surface area contributed by atoms with Crippen LogP contribution in [-0.4, -0.2) is 9.36 Å². The Labute approximate surface area is 116 Å². The molecular weight excluding hydrogens is 443 g/mol. The van der Waals surface area contributed by atoms with Gasteiger partial charge in [0.25, 0.3) is 0 Å². The molecule has 6 heteroatoms. The molecule has 72 valence electrons. The second-order valence-corrected chi connectivity index (χ2v) is 5.98. The van der Waals surface area contributed by atoms with E-state index in [1.807, 2.05) is 18.2 Å². The molecule has 0 spiro atoms. The van der Waals surface area contributed by atoms with Gasteiger partial charge in [0, 0.05) is 37.1 Å². The van der Waals surface area contributed by atoms with Gasteiger partial charge in [0.15, 0.2) is 0 Å².